The predicted octanol–water partition coefficient (Wildman–Crippen LogP) is 6.02. The summed E-state index contributed by atoms with van der Waals surface area (Å²) in [6, 6.07) is 18.8. The number of rotatable bonds is 6. The lowest BCUT2D eigenvalue weighted by molar-refractivity contribution is 0.102. The fourth-order valence-corrected chi connectivity index (χ4v) is 3.28. The highest BCUT2D eigenvalue weighted by Crippen LogP contribution is 2.31. The van der Waals surface area contributed by atoms with Gasteiger partial charge < -0.3 is 10.1 Å². The first-order valence-corrected chi connectivity index (χ1v) is 10.4. The van der Waals surface area contributed by atoms with Gasteiger partial charge in [-0.2, -0.15) is 0 Å². The molecule has 0 saturated heterocycles. The minimum atomic E-state index is -0.170. The number of amides is 1. The molecule has 0 bridgehead atoms. The van der Waals surface area contributed by atoms with E-state index >= 15 is 0 Å². The third-order valence-corrected chi connectivity index (χ3v) is 5.11. The Morgan fingerprint density at radius 2 is 1.78 bits per heavy atom. The number of carbonyl (C=O) groups is 1. The summed E-state index contributed by atoms with van der Waals surface area (Å²) in [5.74, 6) is 1.34. The number of nitrogens with zero attached hydrogens (tertiary/aromatic N) is 3. The molecule has 0 aliphatic rings. The first-order valence-electron chi connectivity index (χ1n) is 10.4. The van der Waals surface area contributed by atoms with Crippen molar-refractivity contribution < 1.29 is 9.53 Å². The molecule has 2 aromatic heterocycles. The summed E-state index contributed by atoms with van der Waals surface area (Å²) in [4.78, 5) is 25.3. The van der Waals surface area contributed by atoms with E-state index in [2.05, 4.69) is 34.1 Å². The second-order valence-electron chi connectivity index (χ2n) is 7.76. The molecule has 4 aromatic rings. The van der Waals surface area contributed by atoms with Crippen LogP contribution in [0.4, 0.5) is 5.69 Å². The Labute approximate surface area is 187 Å². The van der Waals surface area contributed by atoms with Gasteiger partial charge in [0.2, 0.25) is 5.88 Å². The summed E-state index contributed by atoms with van der Waals surface area (Å²) >= 11 is 0. The molecule has 0 spiro atoms. The van der Waals surface area contributed by atoms with Gasteiger partial charge in [0.1, 0.15) is 12.1 Å². The predicted molar refractivity (Wildman–Crippen MR) is 125 cm³/mol. The topological polar surface area (TPSA) is 77.0 Å². The van der Waals surface area contributed by atoms with Crippen LogP contribution in [-0.2, 0) is 0 Å². The Kier molecular flexibility index (Phi) is 6.22. The fraction of sp³-hybridized carbons (Fsp3) is 0.154. The van der Waals surface area contributed by atoms with Gasteiger partial charge in [-0.3, -0.25) is 4.79 Å². The van der Waals surface area contributed by atoms with Gasteiger partial charge >= 0.3 is 0 Å². The number of ether oxygens (including phenoxy) is 1. The molecule has 32 heavy (non-hydrogen) atoms. The summed E-state index contributed by atoms with van der Waals surface area (Å²) in [6.45, 7) is 6.18. The highest BCUT2D eigenvalue weighted by molar-refractivity contribution is 6.04. The van der Waals surface area contributed by atoms with Crippen LogP contribution in [0.25, 0.3) is 11.3 Å². The van der Waals surface area contributed by atoms with Gasteiger partial charge in [-0.15, -0.1) is 0 Å². The molecule has 6 nitrogen and oxygen atoms in total. The summed E-state index contributed by atoms with van der Waals surface area (Å²) in [5, 5.41) is 2.95. The number of aromatic nitrogens is 3. The number of benzene rings is 2. The number of nitrogens with one attached hydrogen (secondary N) is 1. The van der Waals surface area contributed by atoms with Crippen molar-refractivity contribution in [2.45, 2.75) is 26.7 Å². The van der Waals surface area contributed by atoms with E-state index in [1.807, 2.05) is 43.3 Å². The van der Waals surface area contributed by atoms with Crippen LogP contribution in [0.1, 0.15) is 41.3 Å². The molecule has 0 unspecified atom stereocenters. The van der Waals surface area contributed by atoms with Gasteiger partial charge in [0.25, 0.3) is 5.91 Å². The van der Waals surface area contributed by atoms with E-state index < -0.39 is 0 Å². The molecule has 6 heteroatoms. The van der Waals surface area contributed by atoms with Crippen molar-refractivity contribution in [3.63, 3.8) is 0 Å². The van der Waals surface area contributed by atoms with Crippen LogP contribution in [0.3, 0.4) is 0 Å². The first kappa shape index (κ1) is 21.2. The molecule has 4 rings (SSSR count). The van der Waals surface area contributed by atoms with E-state index in [4.69, 9.17) is 4.74 Å². The van der Waals surface area contributed by atoms with Crippen molar-refractivity contribution in [3.8, 4) is 22.9 Å². The average Bonchev–Trinajstić information content (AvgIpc) is 2.81. The summed E-state index contributed by atoms with van der Waals surface area (Å²) in [7, 11) is 0. The van der Waals surface area contributed by atoms with Crippen LogP contribution >= 0.6 is 0 Å². The van der Waals surface area contributed by atoms with E-state index in [0.717, 1.165) is 22.5 Å². The van der Waals surface area contributed by atoms with Gasteiger partial charge in [-0.05, 0) is 72.5 Å². The van der Waals surface area contributed by atoms with E-state index in [9.17, 15) is 4.79 Å². The molecule has 0 fully saturated rings. The minimum absolute atomic E-state index is 0.170. The quantitative estimate of drug-likeness (QED) is 0.410. The Bertz CT molecular complexity index is 1220. The zero-order valence-corrected chi connectivity index (χ0v) is 18.2. The molecule has 0 aliphatic heterocycles. The van der Waals surface area contributed by atoms with E-state index in [1.54, 1.807) is 36.7 Å². The van der Waals surface area contributed by atoms with Crippen molar-refractivity contribution in [3.05, 3.63) is 96.1 Å². The van der Waals surface area contributed by atoms with Gasteiger partial charge in [-0.25, -0.2) is 15.0 Å². The average molecular weight is 425 g/mol. The van der Waals surface area contributed by atoms with Gasteiger partial charge in [0, 0.05) is 23.6 Å². The van der Waals surface area contributed by atoms with Crippen LogP contribution in [0.5, 0.6) is 11.6 Å². The normalized spacial score (nSPS) is 10.8. The molecule has 1 amide bonds. The lowest BCUT2D eigenvalue weighted by atomic mass is 10.0. The van der Waals surface area contributed by atoms with Crippen LogP contribution in [0.2, 0.25) is 0 Å². The number of anilines is 1. The Hall–Kier alpha value is -4.06. The van der Waals surface area contributed by atoms with Crippen molar-refractivity contribution in [1.29, 1.82) is 0 Å². The molecule has 0 radical (unpaired) electrons. The van der Waals surface area contributed by atoms with Crippen LogP contribution in [-0.4, -0.2) is 20.9 Å². The largest absolute Gasteiger partial charge is 0.438 e. The van der Waals surface area contributed by atoms with Crippen LogP contribution < -0.4 is 10.1 Å². The second-order valence-corrected chi connectivity index (χ2v) is 7.76. The summed E-state index contributed by atoms with van der Waals surface area (Å²) < 4.78 is 6.08. The van der Waals surface area contributed by atoms with E-state index in [0.29, 0.717) is 23.1 Å². The number of carbonyl (C=O) groups excluding carboxylic acids is 1. The summed E-state index contributed by atoms with van der Waals surface area (Å²) in [6.07, 6.45) is 4.83. The van der Waals surface area contributed by atoms with E-state index in [1.165, 1.54) is 11.9 Å². The number of hydrogen-bond donors (Lipinski definition) is 1. The zero-order valence-electron chi connectivity index (χ0n) is 18.2. The van der Waals surface area contributed by atoms with Crippen molar-refractivity contribution >= 4 is 11.6 Å². The first-order chi connectivity index (χ1) is 15.5. The maximum atomic E-state index is 12.7. The monoisotopic (exact) mass is 424 g/mol. The Morgan fingerprint density at radius 1 is 0.969 bits per heavy atom. The van der Waals surface area contributed by atoms with E-state index in [-0.39, 0.29) is 5.91 Å². The van der Waals surface area contributed by atoms with Crippen molar-refractivity contribution in [1.82, 2.24) is 15.0 Å². The lowest BCUT2D eigenvalue weighted by Gasteiger charge is -2.13. The standard InChI is InChI=1S/C26H24N4O2/c1-17(2)19-6-9-21(10-7-19)30-25(31)20-8-11-24(18(3)15-20)32-26-22(5-4-13-28-26)23-12-14-27-16-29-23/h4-17H,1-3H3,(H,30,31). The molecule has 160 valence electrons. The molecule has 1 N–H and O–H groups in total. The van der Waals surface area contributed by atoms with Gasteiger partial charge in [0.15, 0.2) is 0 Å². The maximum absolute atomic E-state index is 12.7. The molecule has 2 aromatic carbocycles. The summed E-state index contributed by atoms with van der Waals surface area (Å²) in [5.41, 5.74) is 4.87. The number of aryl methyl sites for hydroxylation is 1. The fourth-order valence-electron chi connectivity index (χ4n) is 3.28. The number of pyridine rings is 1. The maximum Gasteiger partial charge on any atom is 0.255 e. The third-order valence-electron chi connectivity index (χ3n) is 5.11. The van der Waals surface area contributed by atoms with Crippen molar-refractivity contribution in [2.75, 3.05) is 5.32 Å². The Morgan fingerprint density at radius 3 is 2.47 bits per heavy atom. The van der Waals surface area contributed by atoms with Crippen LogP contribution in [0, 0.1) is 6.92 Å². The number of hydrogen-bond acceptors (Lipinski definition) is 5. The highest BCUT2D eigenvalue weighted by Gasteiger charge is 2.13. The highest BCUT2D eigenvalue weighted by atomic mass is 16.5. The van der Waals surface area contributed by atoms with Crippen molar-refractivity contribution in [2.24, 2.45) is 0 Å². The second kappa shape index (κ2) is 9.39. The zero-order chi connectivity index (χ0) is 22.5. The van der Waals surface area contributed by atoms with Gasteiger partial charge in [-0.1, -0.05) is 26.0 Å². The molecule has 0 atom stereocenters. The Balaban J connectivity index is 1.51. The SMILES string of the molecule is Cc1cc(C(=O)Nc2ccc(C(C)C)cc2)ccc1Oc1ncccc1-c1ccncn1. The smallest absolute Gasteiger partial charge is 0.255 e. The molecule has 0 saturated carbocycles. The van der Waals surface area contributed by atoms with Crippen LogP contribution in [0.15, 0.2) is 79.4 Å². The minimum Gasteiger partial charge on any atom is -0.438 e. The molecular formula is C26H24N4O2. The third kappa shape index (κ3) is 4.81. The molecular weight excluding hydrogens is 400 g/mol. The van der Waals surface area contributed by atoms with Gasteiger partial charge in [0.05, 0.1) is 11.3 Å². The lowest BCUT2D eigenvalue weighted by Crippen LogP contribution is -2.12. The molecule has 2 heterocycles. The molecule has 0 aliphatic carbocycles.